The molecule has 0 spiro atoms. The molecule has 1 aromatic carbocycles. The highest BCUT2D eigenvalue weighted by atomic mass is 16.3. The first-order chi connectivity index (χ1) is 15.3. The molecule has 3 aromatic rings. The maximum absolute atomic E-state index is 9.81. The molecule has 1 atom stereocenters. The molecule has 1 fully saturated rings. The summed E-state index contributed by atoms with van der Waals surface area (Å²) in [4.78, 5) is 14.6. The molecule has 7 nitrogen and oxygen atoms in total. The maximum Gasteiger partial charge on any atom is 0.123 e. The van der Waals surface area contributed by atoms with Crippen molar-refractivity contribution in [3.63, 3.8) is 0 Å². The van der Waals surface area contributed by atoms with Crippen molar-refractivity contribution < 1.29 is 5.11 Å². The largest absolute Gasteiger partial charge is 0.395 e. The van der Waals surface area contributed by atoms with Crippen LogP contribution in [0.1, 0.15) is 36.0 Å². The van der Waals surface area contributed by atoms with Crippen LogP contribution in [0.5, 0.6) is 0 Å². The van der Waals surface area contributed by atoms with E-state index in [9.17, 15) is 5.11 Å². The Hall–Kier alpha value is -2.48. The number of aryl methyl sites for hydroxylation is 2. The Morgan fingerprint density at radius 3 is 2.90 bits per heavy atom. The lowest BCUT2D eigenvalue weighted by atomic mass is 9.91. The van der Waals surface area contributed by atoms with E-state index in [1.165, 1.54) is 22.5 Å². The van der Waals surface area contributed by atoms with Crippen LogP contribution in [-0.4, -0.2) is 63.9 Å². The number of rotatable bonds is 6. The summed E-state index contributed by atoms with van der Waals surface area (Å²) in [6.45, 7) is 5.51. The fraction of sp³-hybridized carbons (Fsp3) is 0.500. The summed E-state index contributed by atoms with van der Waals surface area (Å²) < 4.78 is 2.25. The molecule has 2 N–H and O–H groups in total. The first-order valence-electron chi connectivity index (χ1n) is 11.4. The minimum Gasteiger partial charge on any atom is -0.395 e. The minimum atomic E-state index is 0.134. The van der Waals surface area contributed by atoms with Gasteiger partial charge in [0.2, 0.25) is 0 Å². The van der Waals surface area contributed by atoms with Gasteiger partial charge in [0.15, 0.2) is 0 Å². The number of fused-ring (bicyclic) bond motifs is 2. The van der Waals surface area contributed by atoms with Gasteiger partial charge in [0, 0.05) is 46.0 Å². The summed E-state index contributed by atoms with van der Waals surface area (Å²) in [5, 5.41) is 13.3. The molecule has 0 amide bonds. The van der Waals surface area contributed by atoms with Crippen molar-refractivity contribution in [3.05, 3.63) is 53.6 Å². The number of anilines is 1. The fourth-order valence-corrected chi connectivity index (χ4v) is 5.19. The van der Waals surface area contributed by atoms with E-state index in [1.807, 2.05) is 12.3 Å². The van der Waals surface area contributed by atoms with Gasteiger partial charge in [-0.1, -0.05) is 12.1 Å². The quantitative estimate of drug-likeness (QED) is 0.638. The van der Waals surface area contributed by atoms with Crippen LogP contribution in [0.4, 0.5) is 5.69 Å². The summed E-state index contributed by atoms with van der Waals surface area (Å²) in [5.41, 5.74) is 6.01. The van der Waals surface area contributed by atoms with E-state index in [-0.39, 0.29) is 12.6 Å². The number of benzene rings is 1. The summed E-state index contributed by atoms with van der Waals surface area (Å²) >= 11 is 0. The Balaban J connectivity index is 1.48. The average molecular weight is 421 g/mol. The van der Waals surface area contributed by atoms with Gasteiger partial charge in [-0.2, -0.15) is 0 Å². The highest BCUT2D eigenvalue weighted by Crippen LogP contribution is 2.34. The lowest BCUT2D eigenvalue weighted by Gasteiger charge is -2.34. The highest BCUT2D eigenvalue weighted by Gasteiger charge is 2.28. The first kappa shape index (κ1) is 20.4. The molecular formula is C24H32N6O. The second kappa shape index (κ2) is 8.94. The monoisotopic (exact) mass is 420 g/mol. The van der Waals surface area contributed by atoms with Crippen LogP contribution in [0.15, 0.2) is 36.5 Å². The predicted octanol–water partition coefficient (Wildman–Crippen LogP) is 2.25. The number of para-hydroxylation sites is 1. The number of aromatic nitrogens is 3. The molecule has 7 heteroatoms. The molecule has 5 rings (SSSR count). The third kappa shape index (κ3) is 3.93. The zero-order chi connectivity index (χ0) is 21.2. The summed E-state index contributed by atoms with van der Waals surface area (Å²) in [5.74, 6) is 1.04. The summed E-state index contributed by atoms with van der Waals surface area (Å²) in [7, 11) is 2.13. The number of pyridine rings is 1. The molecule has 0 saturated carbocycles. The van der Waals surface area contributed by atoms with Crippen molar-refractivity contribution in [2.45, 2.75) is 31.8 Å². The molecule has 2 aliphatic rings. The molecule has 0 bridgehead atoms. The molecule has 1 aliphatic heterocycles. The molecule has 164 valence electrons. The first-order valence-corrected chi connectivity index (χ1v) is 11.4. The SMILES string of the molecule is Cn1c(CN(CCO)C2CCCc3cccnc32)nc2cccc(N3CCNCC3)c21. The van der Waals surface area contributed by atoms with E-state index in [0.29, 0.717) is 13.1 Å². The second-order valence-corrected chi connectivity index (χ2v) is 8.62. The maximum atomic E-state index is 9.81. The van der Waals surface area contributed by atoms with Crippen molar-refractivity contribution in [3.8, 4) is 0 Å². The number of aliphatic hydroxyl groups is 1. The lowest BCUT2D eigenvalue weighted by molar-refractivity contribution is 0.125. The Morgan fingerprint density at radius 1 is 1.19 bits per heavy atom. The van der Waals surface area contributed by atoms with Crippen LogP contribution in [0.25, 0.3) is 11.0 Å². The third-order valence-corrected chi connectivity index (χ3v) is 6.76. The summed E-state index contributed by atoms with van der Waals surface area (Å²) in [6, 6.07) is 10.9. The van der Waals surface area contributed by atoms with Gasteiger partial charge in [0.25, 0.3) is 0 Å². The average Bonchev–Trinajstić information content (AvgIpc) is 3.14. The molecule has 2 aromatic heterocycles. The summed E-state index contributed by atoms with van der Waals surface area (Å²) in [6.07, 6.45) is 5.21. The standard InChI is InChI=1S/C24H32N6O/c1-28-22(27-19-7-3-9-21(24(19)28)29-13-11-25-12-14-29)17-30(15-16-31)20-8-2-5-18-6-4-10-26-23(18)20/h3-4,6-7,9-10,20,25,31H,2,5,8,11-17H2,1H3. The molecule has 1 saturated heterocycles. The minimum absolute atomic E-state index is 0.134. The van der Waals surface area contributed by atoms with Crippen molar-refractivity contribution >= 4 is 16.7 Å². The number of aliphatic hydroxyl groups excluding tert-OH is 1. The van der Waals surface area contributed by atoms with Gasteiger partial charge in [-0.05, 0) is 43.0 Å². The Morgan fingerprint density at radius 2 is 2.06 bits per heavy atom. The van der Waals surface area contributed by atoms with Gasteiger partial charge in [-0.25, -0.2) is 4.98 Å². The van der Waals surface area contributed by atoms with Crippen LogP contribution >= 0.6 is 0 Å². The number of nitrogens with zero attached hydrogens (tertiary/aromatic N) is 5. The Bertz CT molecular complexity index is 1040. The van der Waals surface area contributed by atoms with Crippen LogP contribution < -0.4 is 10.2 Å². The van der Waals surface area contributed by atoms with Crippen molar-refractivity contribution in [2.24, 2.45) is 7.05 Å². The van der Waals surface area contributed by atoms with E-state index < -0.39 is 0 Å². The van der Waals surface area contributed by atoms with Gasteiger partial charge >= 0.3 is 0 Å². The highest BCUT2D eigenvalue weighted by molar-refractivity contribution is 5.89. The van der Waals surface area contributed by atoms with Crippen molar-refractivity contribution in [1.82, 2.24) is 24.8 Å². The lowest BCUT2D eigenvalue weighted by Crippen LogP contribution is -2.43. The van der Waals surface area contributed by atoms with Gasteiger partial charge in [-0.15, -0.1) is 0 Å². The number of piperazine rings is 1. The van der Waals surface area contributed by atoms with E-state index in [4.69, 9.17) is 9.97 Å². The molecule has 3 heterocycles. The molecular weight excluding hydrogens is 388 g/mol. The normalized spacial score (nSPS) is 19.2. The smallest absolute Gasteiger partial charge is 0.123 e. The van der Waals surface area contributed by atoms with Crippen molar-refractivity contribution in [1.29, 1.82) is 0 Å². The number of hydrogen-bond acceptors (Lipinski definition) is 6. The van der Waals surface area contributed by atoms with E-state index in [1.54, 1.807) is 0 Å². The number of nitrogens with one attached hydrogen (secondary N) is 1. The van der Waals surface area contributed by atoms with Gasteiger partial charge < -0.3 is 19.9 Å². The molecule has 1 unspecified atom stereocenters. The van der Waals surface area contributed by atoms with E-state index in [0.717, 1.165) is 56.8 Å². The zero-order valence-electron chi connectivity index (χ0n) is 18.3. The zero-order valence-corrected chi connectivity index (χ0v) is 18.3. The van der Waals surface area contributed by atoms with Crippen LogP contribution in [0.3, 0.4) is 0 Å². The third-order valence-electron chi connectivity index (χ3n) is 6.76. The molecule has 0 radical (unpaired) electrons. The van der Waals surface area contributed by atoms with Crippen LogP contribution in [-0.2, 0) is 20.0 Å². The molecule has 1 aliphatic carbocycles. The van der Waals surface area contributed by atoms with Crippen LogP contribution in [0, 0.1) is 0 Å². The van der Waals surface area contributed by atoms with Gasteiger partial charge in [0.05, 0.1) is 41.6 Å². The van der Waals surface area contributed by atoms with Gasteiger partial charge in [0.1, 0.15) is 5.82 Å². The van der Waals surface area contributed by atoms with Crippen LogP contribution in [0.2, 0.25) is 0 Å². The Kier molecular flexibility index (Phi) is 5.89. The fourth-order valence-electron chi connectivity index (χ4n) is 5.19. The predicted molar refractivity (Wildman–Crippen MR) is 123 cm³/mol. The number of imidazole rings is 1. The van der Waals surface area contributed by atoms with Gasteiger partial charge in [-0.3, -0.25) is 9.88 Å². The van der Waals surface area contributed by atoms with E-state index in [2.05, 4.69) is 51.0 Å². The van der Waals surface area contributed by atoms with E-state index >= 15 is 0 Å². The molecule has 31 heavy (non-hydrogen) atoms. The topological polar surface area (TPSA) is 69.5 Å². The Labute approximate surface area is 183 Å². The second-order valence-electron chi connectivity index (χ2n) is 8.62. The van der Waals surface area contributed by atoms with Crippen molar-refractivity contribution in [2.75, 3.05) is 44.2 Å². The number of hydrogen-bond donors (Lipinski definition) is 2.